The quantitative estimate of drug-likeness (QED) is 0.256. The molecule has 130 valence electrons. The van der Waals surface area contributed by atoms with Gasteiger partial charge in [-0.3, -0.25) is 4.79 Å². The number of halogens is 1. The van der Waals surface area contributed by atoms with E-state index < -0.39 is 0 Å². The van der Waals surface area contributed by atoms with Gasteiger partial charge in [0.1, 0.15) is 0 Å². The Morgan fingerprint density at radius 2 is 1.65 bits per heavy atom. The molecule has 5 nitrogen and oxygen atoms in total. The van der Waals surface area contributed by atoms with Gasteiger partial charge in [-0.25, -0.2) is 4.99 Å². The first-order valence-electron chi connectivity index (χ1n) is 8.10. The van der Waals surface area contributed by atoms with E-state index in [4.69, 9.17) is 0 Å². The molecular formula is C17H29IN4O. The predicted molar refractivity (Wildman–Crippen MR) is 108 cm³/mol. The molecule has 0 unspecified atom stereocenters. The van der Waals surface area contributed by atoms with E-state index in [9.17, 15) is 4.79 Å². The van der Waals surface area contributed by atoms with E-state index in [-0.39, 0.29) is 29.9 Å². The van der Waals surface area contributed by atoms with E-state index in [2.05, 4.69) is 34.8 Å². The van der Waals surface area contributed by atoms with Crippen molar-refractivity contribution >= 4 is 35.8 Å². The van der Waals surface area contributed by atoms with Crippen molar-refractivity contribution in [2.45, 2.75) is 40.2 Å². The maximum atomic E-state index is 11.7. The van der Waals surface area contributed by atoms with Crippen LogP contribution in [0.5, 0.6) is 0 Å². The smallest absolute Gasteiger partial charge is 0.251 e. The van der Waals surface area contributed by atoms with Gasteiger partial charge in [-0.05, 0) is 38.0 Å². The van der Waals surface area contributed by atoms with Gasteiger partial charge in [-0.15, -0.1) is 24.0 Å². The van der Waals surface area contributed by atoms with Gasteiger partial charge in [0.25, 0.3) is 5.91 Å². The largest absolute Gasteiger partial charge is 0.357 e. The van der Waals surface area contributed by atoms with Crippen LogP contribution in [0.1, 0.15) is 49.5 Å². The van der Waals surface area contributed by atoms with Crippen LogP contribution < -0.4 is 16.0 Å². The van der Waals surface area contributed by atoms with Crippen LogP contribution in [0.3, 0.4) is 0 Å². The zero-order valence-electron chi connectivity index (χ0n) is 14.3. The maximum Gasteiger partial charge on any atom is 0.251 e. The van der Waals surface area contributed by atoms with Crippen LogP contribution in [0.25, 0.3) is 0 Å². The third-order valence-electron chi connectivity index (χ3n) is 3.14. The van der Waals surface area contributed by atoms with Crippen molar-refractivity contribution in [3.05, 3.63) is 35.4 Å². The van der Waals surface area contributed by atoms with Gasteiger partial charge in [0, 0.05) is 25.2 Å². The van der Waals surface area contributed by atoms with E-state index >= 15 is 0 Å². The number of unbranched alkanes of at least 4 members (excludes halogenated alkanes) is 1. The Hall–Kier alpha value is -1.31. The van der Waals surface area contributed by atoms with Crippen LogP contribution in [0, 0.1) is 0 Å². The summed E-state index contributed by atoms with van der Waals surface area (Å²) in [6.45, 7) is 9.14. The Morgan fingerprint density at radius 1 is 1.00 bits per heavy atom. The second kappa shape index (κ2) is 13.2. The molecule has 0 radical (unpaired) electrons. The fourth-order valence-corrected chi connectivity index (χ4v) is 1.92. The highest BCUT2D eigenvalue weighted by molar-refractivity contribution is 14.0. The topological polar surface area (TPSA) is 65.5 Å². The molecule has 0 aromatic heterocycles. The molecule has 6 heteroatoms. The summed E-state index contributed by atoms with van der Waals surface area (Å²) in [5.41, 5.74) is 1.77. The Balaban J connectivity index is 0.00000484. The lowest BCUT2D eigenvalue weighted by Gasteiger charge is -2.10. The third kappa shape index (κ3) is 8.78. The second-order valence-corrected chi connectivity index (χ2v) is 5.03. The molecule has 0 fully saturated rings. The minimum atomic E-state index is -0.0351. The SMILES string of the molecule is CCCCNC(=NCc1ccc(C(=O)NCC)cc1)NCC.I. The molecule has 0 atom stereocenters. The Bertz CT molecular complexity index is 474. The van der Waals surface area contributed by atoms with Gasteiger partial charge in [0.15, 0.2) is 5.96 Å². The minimum Gasteiger partial charge on any atom is -0.357 e. The number of benzene rings is 1. The number of carbonyl (C=O) groups excluding carboxylic acids is 1. The molecule has 1 aromatic rings. The number of rotatable bonds is 8. The lowest BCUT2D eigenvalue weighted by molar-refractivity contribution is 0.0956. The number of nitrogens with one attached hydrogen (secondary N) is 3. The number of guanidine groups is 1. The summed E-state index contributed by atoms with van der Waals surface area (Å²) in [6, 6.07) is 7.58. The molecule has 0 spiro atoms. The fourth-order valence-electron chi connectivity index (χ4n) is 1.92. The van der Waals surface area contributed by atoms with Crippen molar-refractivity contribution in [3.63, 3.8) is 0 Å². The molecule has 3 N–H and O–H groups in total. The Kier molecular flexibility index (Phi) is 12.4. The van der Waals surface area contributed by atoms with Gasteiger partial charge < -0.3 is 16.0 Å². The van der Waals surface area contributed by atoms with Crippen molar-refractivity contribution in [1.29, 1.82) is 0 Å². The molecule has 0 saturated heterocycles. The average Bonchev–Trinajstić information content (AvgIpc) is 2.53. The lowest BCUT2D eigenvalue weighted by Crippen LogP contribution is -2.37. The van der Waals surface area contributed by atoms with Crippen molar-refractivity contribution in [3.8, 4) is 0 Å². The van der Waals surface area contributed by atoms with Crippen molar-refractivity contribution in [2.24, 2.45) is 4.99 Å². The van der Waals surface area contributed by atoms with Crippen LogP contribution >= 0.6 is 24.0 Å². The van der Waals surface area contributed by atoms with Crippen LogP contribution in [-0.4, -0.2) is 31.5 Å². The van der Waals surface area contributed by atoms with Crippen LogP contribution in [0.4, 0.5) is 0 Å². The molecular weight excluding hydrogens is 403 g/mol. The highest BCUT2D eigenvalue weighted by Gasteiger charge is 2.03. The average molecular weight is 432 g/mol. The highest BCUT2D eigenvalue weighted by Crippen LogP contribution is 2.05. The summed E-state index contributed by atoms with van der Waals surface area (Å²) in [4.78, 5) is 16.3. The summed E-state index contributed by atoms with van der Waals surface area (Å²) in [5.74, 6) is 0.802. The molecule has 1 aromatic carbocycles. The summed E-state index contributed by atoms with van der Waals surface area (Å²) in [7, 11) is 0. The van der Waals surface area contributed by atoms with Gasteiger partial charge >= 0.3 is 0 Å². The first-order chi connectivity index (χ1) is 10.7. The molecule has 0 heterocycles. The number of aliphatic imine (C=N–C) groups is 1. The van der Waals surface area contributed by atoms with Gasteiger partial charge in [-0.1, -0.05) is 25.5 Å². The fraction of sp³-hybridized carbons (Fsp3) is 0.529. The number of hydrogen-bond donors (Lipinski definition) is 3. The monoisotopic (exact) mass is 432 g/mol. The standard InChI is InChI=1S/C17H28N4O.HI/c1-4-7-12-20-17(19-6-3)21-13-14-8-10-15(11-9-14)16(22)18-5-2;/h8-11H,4-7,12-13H2,1-3H3,(H,18,22)(H2,19,20,21);1H. The van der Waals surface area contributed by atoms with E-state index in [0.717, 1.165) is 37.5 Å². The van der Waals surface area contributed by atoms with Crippen molar-refractivity contribution < 1.29 is 4.79 Å². The molecule has 0 aliphatic heterocycles. The number of carbonyl (C=O) groups is 1. The lowest BCUT2D eigenvalue weighted by atomic mass is 10.1. The highest BCUT2D eigenvalue weighted by atomic mass is 127. The molecule has 0 bridgehead atoms. The van der Waals surface area contributed by atoms with Gasteiger partial charge in [0.2, 0.25) is 0 Å². The van der Waals surface area contributed by atoms with Crippen LogP contribution in [0.2, 0.25) is 0 Å². The maximum absolute atomic E-state index is 11.7. The van der Waals surface area contributed by atoms with Crippen molar-refractivity contribution in [1.82, 2.24) is 16.0 Å². The second-order valence-electron chi connectivity index (χ2n) is 5.03. The first kappa shape index (κ1) is 21.7. The molecule has 0 saturated carbocycles. The first-order valence-corrected chi connectivity index (χ1v) is 8.10. The normalized spacial score (nSPS) is 10.7. The third-order valence-corrected chi connectivity index (χ3v) is 3.14. The minimum absolute atomic E-state index is 0. The zero-order valence-corrected chi connectivity index (χ0v) is 16.6. The zero-order chi connectivity index (χ0) is 16.2. The van der Waals surface area contributed by atoms with E-state index in [1.807, 2.05) is 31.2 Å². The number of hydrogen-bond acceptors (Lipinski definition) is 2. The van der Waals surface area contributed by atoms with E-state index in [0.29, 0.717) is 18.7 Å². The predicted octanol–water partition coefficient (Wildman–Crippen LogP) is 2.91. The van der Waals surface area contributed by atoms with E-state index in [1.165, 1.54) is 0 Å². The molecule has 0 aliphatic rings. The Morgan fingerprint density at radius 3 is 2.22 bits per heavy atom. The summed E-state index contributed by atoms with van der Waals surface area (Å²) < 4.78 is 0. The summed E-state index contributed by atoms with van der Waals surface area (Å²) in [5, 5.41) is 9.34. The van der Waals surface area contributed by atoms with Gasteiger partial charge in [0.05, 0.1) is 6.54 Å². The van der Waals surface area contributed by atoms with Crippen LogP contribution in [-0.2, 0) is 6.54 Å². The molecule has 1 rings (SSSR count). The number of amides is 1. The summed E-state index contributed by atoms with van der Waals surface area (Å²) in [6.07, 6.45) is 2.29. The van der Waals surface area contributed by atoms with Crippen molar-refractivity contribution in [2.75, 3.05) is 19.6 Å². The van der Waals surface area contributed by atoms with Crippen LogP contribution in [0.15, 0.2) is 29.3 Å². The number of nitrogens with zero attached hydrogens (tertiary/aromatic N) is 1. The molecule has 23 heavy (non-hydrogen) atoms. The van der Waals surface area contributed by atoms with Gasteiger partial charge in [-0.2, -0.15) is 0 Å². The molecule has 0 aliphatic carbocycles. The summed E-state index contributed by atoms with van der Waals surface area (Å²) >= 11 is 0. The molecule has 1 amide bonds. The van der Waals surface area contributed by atoms with E-state index in [1.54, 1.807) is 0 Å². The Labute approximate surface area is 156 Å².